The lowest BCUT2D eigenvalue weighted by Crippen LogP contribution is -2.38. The predicted octanol–water partition coefficient (Wildman–Crippen LogP) is 4.43. The number of hydrogen-bond donors (Lipinski definition) is 1. The fourth-order valence-electron chi connectivity index (χ4n) is 4.73. The van der Waals surface area contributed by atoms with Gasteiger partial charge < -0.3 is 9.88 Å². The molecule has 7 nitrogen and oxygen atoms in total. The first-order valence-electron chi connectivity index (χ1n) is 12.0. The van der Waals surface area contributed by atoms with Gasteiger partial charge in [-0.15, -0.1) is 0 Å². The molecule has 4 aromatic rings. The third-order valence-electron chi connectivity index (χ3n) is 6.50. The van der Waals surface area contributed by atoms with Crippen molar-refractivity contribution in [3.8, 4) is 5.69 Å². The van der Waals surface area contributed by atoms with Gasteiger partial charge in [0.2, 0.25) is 0 Å². The summed E-state index contributed by atoms with van der Waals surface area (Å²) in [5, 5.41) is 5.39. The van der Waals surface area contributed by atoms with Crippen molar-refractivity contribution in [2.45, 2.75) is 58.5 Å². The largest absolute Gasteiger partial charge is 0.327 e. The maximum absolute atomic E-state index is 13.9. The minimum atomic E-state index is -0.195. The van der Waals surface area contributed by atoms with Crippen LogP contribution in [0.25, 0.3) is 16.6 Å². The molecular weight excluding hydrogens is 426 g/mol. The summed E-state index contributed by atoms with van der Waals surface area (Å²) in [6.45, 7) is 4.16. The second kappa shape index (κ2) is 9.25. The quantitative estimate of drug-likeness (QED) is 0.451. The lowest BCUT2D eigenvalue weighted by atomic mass is 10.1. The predicted molar refractivity (Wildman–Crippen MR) is 132 cm³/mol. The minimum absolute atomic E-state index is 0.0902. The highest BCUT2D eigenvalue weighted by Gasteiger charge is 2.29. The van der Waals surface area contributed by atoms with Gasteiger partial charge in [-0.25, -0.2) is 9.67 Å². The van der Waals surface area contributed by atoms with Crippen LogP contribution in [-0.4, -0.2) is 36.6 Å². The van der Waals surface area contributed by atoms with E-state index in [0.717, 1.165) is 49.0 Å². The highest BCUT2D eigenvalue weighted by Crippen LogP contribution is 2.28. The standard InChI is InChI=1S/C27H29N5O2/c1-18(2)31(17-24-28-22-15-10-9-13-20(22)26(33)29-24)27(34)25-21-14-7-4-8-16-23(21)32(30-25)19-11-5-3-6-12-19/h3,5-6,9-13,15,18H,4,7-8,14,16-17H2,1-2H3,(H,28,29,33). The lowest BCUT2D eigenvalue weighted by Gasteiger charge is -2.26. The van der Waals surface area contributed by atoms with Crippen molar-refractivity contribution in [2.75, 3.05) is 0 Å². The molecule has 1 amide bonds. The number of carbonyl (C=O) groups is 1. The number of nitrogens with one attached hydrogen (secondary N) is 1. The molecule has 2 aromatic carbocycles. The molecular formula is C27H29N5O2. The van der Waals surface area contributed by atoms with Crippen LogP contribution in [0.3, 0.4) is 0 Å². The van der Waals surface area contributed by atoms with E-state index in [0.29, 0.717) is 22.4 Å². The first kappa shape index (κ1) is 22.1. The average molecular weight is 456 g/mol. The van der Waals surface area contributed by atoms with Crippen LogP contribution in [0.15, 0.2) is 59.4 Å². The Labute approximate surface area is 198 Å². The van der Waals surface area contributed by atoms with Gasteiger partial charge in [-0.05, 0) is 63.8 Å². The van der Waals surface area contributed by atoms with Gasteiger partial charge in [0.25, 0.3) is 11.5 Å². The van der Waals surface area contributed by atoms with E-state index in [2.05, 4.69) is 9.97 Å². The van der Waals surface area contributed by atoms with Crippen LogP contribution >= 0.6 is 0 Å². The van der Waals surface area contributed by atoms with Crippen LogP contribution in [0, 0.1) is 0 Å². The number of carbonyl (C=O) groups excluding carboxylic acids is 1. The molecule has 0 saturated carbocycles. The Kier molecular flexibility index (Phi) is 6.01. The Bertz CT molecular complexity index is 1390. The summed E-state index contributed by atoms with van der Waals surface area (Å²) in [6.07, 6.45) is 5.05. The van der Waals surface area contributed by atoms with Crippen LogP contribution in [-0.2, 0) is 19.4 Å². The second-order valence-corrected chi connectivity index (χ2v) is 9.14. The maximum atomic E-state index is 13.9. The molecule has 1 aliphatic rings. The number of amides is 1. The van der Waals surface area contributed by atoms with E-state index in [1.807, 2.05) is 67.1 Å². The Morgan fingerprint density at radius 2 is 1.76 bits per heavy atom. The first-order chi connectivity index (χ1) is 16.5. The number of hydrogen-bond acceptors (Lipinski definition) is 4. The van der Waals surface area contributed by atoms with Gasteiger partial charge in [0.05, 0.1) is 23.1 Å². The van der Waals surface area contributed by atoms with E-state index in [9.17, 15) is 9.59 Å². The molecule has 7 heteroatoms. The van der Waals surface area contributed by atoms with E-state index in [1.165, 1.54) is 0 Å². The van der Waals surface area contributed by atoms with Crippen molar-refractivity contribution in [3.63, 3.8) is 0 Å². The van der Waals surface area contributed by atoms with Gasteiger partial charge >= 0.3 is 0 Å². The molecule has 1 aliphatic carbocycles. The number of para-hydroxylation sites is 2. The molecule has 0 atom stereocenters. The number of rotatable bonds is 5. The van der Waals surface area contributed by atoms with E-state index in [1.54, 1.807) is 11.0 Å². The number of fused-ring (bicyclic) bond motifs is 2. The van der Waals surface area contributed by atoms with E-state index >= 15 is 0 Å². The Morgan fingerprint density at radius 1 is 1.03 bits per heavy atom. The third kappa shape index (κ3) is 4.14. The molecule has 0 bridgehead atoms. The fourth-order valence-corrected chi connectivity index (χ4v) is 4.73. The Balaban J connectivity index is 1.54. The minimum Gasteiger partial charge on any atom is -0.327 e. The van der Waals surface area contributed by atoms with Crippen LogP contribution < -0.4 is 5.56 Å². The molecule has 0 radical (unpaired) electrons. The summed E-state index contributed by atoms with van der Waals surface area (Å²) in [7, 11) is 0. The summed E-state index contributed by atoms with van der Waals surface area (Å²) < 4.78 is 1.95. The van der Waals surface area contributed by atoms with Crippen LogP contribution in [0.4, 0.5) is 0 Å². The molecule has 5 rings (SSSR count). The molecule has 34 heavy (non-hydrogen) atoms. The van der Waals surface area contributed by atoms with Crippen molar-refractivity contribution in [1.82, 2.24) is 24.6 Å². The van der Waals surface area contributed by atoms with Gasteiger partial charge in [-0.2, -0.15) is 5.10 Å². The number of aromatic nitrogens is 4. The zero-order chi connectivity index (χ0) is 23.7. The Hall–Kier alpha value is -3.74. The van der Waals surface area contributed by atoms with Crippen molar-refractivity contribution in [2.24, 2.45) is 0 Å². The van der Waals surface area contributed by atoms with Gasteiger partial charge in [0, 0.05) is 17.3 Å². The van der Waals surface area contributed by atoms with Gasteiger partial charge in [-0.1, -0.05) is 36.8 Å². The first-order valence-corrected chi connectivity index (χ1v) is 12.0. The molecule has 0 aliphatic heterocycles. The topological polar surface area (TPSA) is 83.9 Å². The fraction of sp³-hybridized carbons (Fsp3) is 0.333. The van der Waals surface area contributed by atoms with E-state index < -0.39 is 0 Å². The number of aromatic amines is 1. The average Bonchev–Trinajstić information content (AvgIpc) is 3.03. The highest BCUT2D eigenvalue weighted by atomic mass is 16.2. The lowest BCUT2D eigenvalue weighted by molar-refractivity contribution is 0.0677. The summed E-state index contributed by atoms with van der Waals surface area (Å²) in [4.78, 5) is 35.7. The molecule has 0 fully saturated rings. The summed E-state index contributed by atoms with van der Waals surface area (Å²) in [5.41, 5.74) is 4.09. The SMILES string of the molecule is CC(C)N(Cc1nc2ccccc2c(=O)[nH]1)C(=O)c1nn(-c2ccccc2)c2c1CCCCC2. The smallest absolute Gasteiger partial charge is 0.275 e. The molecule has 0 saturated heterocycles. The molecule has 2 heterocycles. The third-order valence-corrected chi connectivity index (χ3v) is 6.50. The van der Waals surface area contributed by atoms with Crippen molar-refractivity contribution in [3.05, 3.63) is 87.7 Å². The molecule has 1 N–H and O–H groups in total. The monoisotopic (exact) mass is 455 g/mol. The summed E-state index contributed by atoms with van der Waals surface area (Å²) in [5.74, 6) is 0.345. The van der Waals surface area contributed by atoms with Crippen LogP contribution in [0.5, 0.6) is 0 Å². The molecule has 0 spiro atoms. The van der Waals surface area contributed by atoms with Crippen LogP contribution in [0.2, 0.25) is 0 Å². The van der Waals surface area contributed by atoms with Crippen molar-refractivity contribution >= 4 is 16.8 Å². The van der Waals surface area contributed by atoms with Crippen molar-refractivity contribution in [1.29, 1.82) is 0 Å². The molecule has 2 aromatic heterocycles. The normalized spacial score (nSPS) is 13.6. The van der Waals surface area contributed by atoms with Gasteiger partial charge in [0.1, 0.15) is 5.82 Å². The Morgan fingerprint density at radius 3 is 2.56 bits per heavy atom. The van der Waals surface area contributed by atoms with Crippen LogP contribution in [0.1, 0.15) is 60.7 Å². The zero-order valence-corrected chi connectivity index (χ0v) is 19.6. The number of H-pyrrole nitrogens is 1. The summed E-state index contributed by atoms with van der Waals surface area (Å²) in [6, 6.07) is 17.2. The van der Waals surface area contributed by atoms with E-state index in [-0.39, 0.29) is 24.1 Å². The second-order valence-electron chi connectivity index (χ2n) is 9.14. The zero-order valence-electron chi connectivity index (χ0n) is 19.6. The number of benzene rings is 2. The molecule has 0 unspecified atom stereocenters. The van der Waals surface area contributed by atoms with Crippen molar-refractivity contribution < 1.29 is 4.79 Å². The maximum Gasteiger partial charge on any atom is 0.275 e. The van der Waals surface area contributed by atoms with E-state index in [4.69, 9.17) is 5.10 Å². The molecule has 174 valence electrons. The van der Waals surface area contributed by atoms with Gasteiger partial charge in [-0.3, -0.25) is 9.59 Å². The number of nitrogens with zero attached hydrogens (tertiary/aromatic N) is 4. The highest BCUT2D eigenvalue weighted by molar-refractivity contribution is 5.94. The van der Waals surface area contributed by atoms with Gasteiger partial charge in [0.15, 0.2) is 5.69 Å². The summed E-state index contributed by atoms with van der Waals surface area (Å²) >= 11 is 0.